The summed E-state index contributed by atoms with van der Waals surface area (Å²) in [5, 5.41) is 1.19. The first kappa shape index (κ1) is 18.7. The monoisotopic (exact) mass is 402 g/mol. The summed E-state index contributed by atoms with van der Waals surface area (Å²) in [7, 11) is 2.93. The van der Waals surface area contributed by atoms with Gasteiger partial charge in [0.15, 0.2) is 0 Å². The lowest BCUT2D eigenvalue weighted by molar-refractivity contribution is 0.317. The summed E-state index contributed by atoms with van der Waals surface area (Å²) in [5.41, 5.74) is 7.48. The number of hydrogen-bond donors (Lipinski definition) is 0. The molecule has 2 nitrogen and oxygen atoms in total. The first-order chi connectivity index (χ1) is 14.3. The third-order valence-corrected chi connectivity index (χ3v) is 6.50. The highest BCUT2D eigenvalue weighted by Crippen LogP contribution is 2.44. The van der Waals surface area contributed by atoms with Gasteiger partial charge in [0.25, 0.3) is 0 Å². The van der Waals surface area contributed by atoms with Gasteiger partial charge < -0.3 is 9.47 Å². The standard InChI is InChI=1S/C26H27O2P/c29-23-15-7-12-20(21-13-5-10-18-8-1-3-16-27-25(18)21)24(23)22-14-6-11-19-9-2-4-17-28-26(19)22/h5-7,10-15H,1-4,8-9,16-17,29H2. The molecule has 2 heterocycles. The van der Waals surface area contributed by atoms with E-state index in [0.717, 1.165) is 50.4 Å². The molecule has 3 aromatic carbocycles. The van der Waals surface area contributed by atoms with Crippen molar-refractivity contribution < 1.29 is 9.47 Å². The molecule has 3 heteroatoms. The van der Waals surface area contributed by atoms with E-state index >= 15 is 0 Å². The van der Waals surface area contributed by atoms with Crippen molar-refractivity contribution in [1.29, 1.82) is 0 Å². The molecule has 148 valence electrons. The maximum atomic E-state index is 6.27. The first-order valence-electron chi connectivity index (χ1n) is 10.7. The van der Waals surface area contributed by atoms with Crippen LogP contribution in [0.5, 0.6) is 11.5 Å². The number of para-hydroxylation sites is 2. The zero-order valence-corrected chi connectivity index (χ0v) is 17.9. The number of fused-ring (bicyclic) bond motifs is 2. The topological polar surface area (TPSA) is 18.5 Å². The van der Waals surface area contributed by atoms with Gasteiger partial charge in [-0.05, 0) is 60.5 Å². The zero-order chi connectivity index (χ0) is 19.6. The van der Waals surface area contributed by atoms with Crippen molar-refractivity contribution in [2.24, 2.45) is 0 Å². The quantitative estimate of drug-likeness (QED) is 0.493. The van der Waals surface area contributed by atoms with Crippen LogP contribution in [-0.2, 0) is 12.8 Å². The van der Waals surface area contributed by atoms with Gasteiger partial charge in [-0.1, -0.05) is 54.6 Å². The van der Waals surface area contributed by atoms with E-state index in [1.807, 2.05) is 0 Å². The van der Waals surface area contributed by atoms with E-state index in [-0.39, 0.29) is 0 Å². The van der Waals surface area contributed by atoms with Crippen molar-refractivity contribution in [2.75, 3.05) is 13.2 Å². The molecular formula is C26H27O2P. The van der Waals surface area contributed by atoms with Gasteiger partial charge in [0.05, 0.1) is 13.2 Å². The maximum absolute atomic E-state index is 6.27. The minimum atomic E-state index is 0.794. The summed E-state index contributed by atoms with van der Waals surface area (Å²) in [6.45, 7) is 1.59. The van der Waals surface area contributed by atoms with Gasteiger partial charge in [-0.2, -0.15) is 0 Å². The molecule has 0 saturated heterocycles. The summed E-state index contributed by atoms with van der Waals surface area (Å²) in [6.07, 6.45) is 6.78. The average Bonchev–Trinajstić information content (AvgIpc) is 3.14. The van der Waals surface area contributed by atoms with Crippen LogP contribution in [-0.4, -0.2) is 13.2 Å². The molecule has 1 atom stereocenters. The van der Waals surface area contributed by atoms with Crippen LogP contribution in [0.1, 0.15) is 36.8 Å². The fourth-order valence-electron chi connectivity index (χ4n) is 4.59. The maximum Gasteiger partial charge on any atom is 0.130 e. The van der Waals surface area contributed by atoms with Crippen molar-refractivity contribution >= 4 is 14.5 Å². The number of rotatable bonds is 2. The minimum absolute atomic E-state index is 0.794. The van der Waals surface area contributed by atoms with E-state index in [0.29, 0.717) is 0 Å². The van der Waals surface area contributed by atoms with Crippen molar-refractivity contribution in [2.45, 2.75) is 38.5 Å². The third kappa shape index (κ3) is 3.55. The molecule has 1 unspecified atom stereocenters. The Morgan fingerprint density at radius 2 is 1.14 bits per heavy atom. The second kappa shape index (κ2) is 8.20. The smallest absolute Gasteiger partial charge is 0.130 e. The molecule has 0 saturated carbocycles. The van der Waals surface area contributed by atoms with Crippen LogP contribution < -0.4 is 14.8 Å². The molecule has 2 aliphatic heterocycles. The highest BCUT2D eigenvalue weighted by molar-refractivity contribution is 7.28. The molecule has 3 aromatic rings. The summed E-state index contributed by atoms with van der Waals surface area (Å²) in [6, 6.07) is 19.7. The van der Waals surface area contributed by atoms with Crippen molar-refractivity contribution in [3.8, 4) is 33.8 Å². The second-order valence-corrected chi connectivity index (χ2v) is 8.59. The Labute approximate surface area is 175 Å². The van der Waals surface area contributed by atoms with E-state index in [1.165, 1.54) is 51.5 Å². The number of hydrogen-bond acceptors (Lipinski definition) is 2. The molecule has 29 heavy (non-hydrogen) atoms. The van der Waals surface area contributed by atoms with Crippen molar-refractivity contribution in [3.63, 3.8) is 0 Å². The number of benzene rings is 3. The third-order valence-electron chi connectivity index (χ3n) is 6.02. The van der Waals surface area contributed by atoms with Crippen molar-refractivity contribution in [3.05, 3.63) is 65.7 Å². The minimum Gasteiger partial charge on any atom is -0.493 e. The Morgan fingerprint density at radius 3 is 1.83 bits per heavy atom. The van der Waals surface area contributed by atoms with E-state index in [2.05, 4.69) is 63.8 Å². The Morgan fingerprint density at radius 1 is 0.586 bits per heavy atom. The molecule has 0 fully saturated rings. The zero-order valence-electron chi connectivity index (χ0n) is 16.7. The lowest BCUT2D eigenvalue weighted by Gasteiger charge is -2.20. The predicted molar refractivity (Wildman–Crippen MR) is 124 cm³/mol. The normalized spacial score (nSPS) is 15.9. The summed E-state index contributed by atoms with van der Waals surface area (Å²) < 4.78 is 12.5. The largest absolute Gasteiger partial charge is 0.493 e. The Bertz CT molecular complexity index is 1040. The lowest BCUT2D eigenvalue weighted by atomic mass is 9.90. The highest BCUT2D eigenvalue weighted by atomic mass is 31.0. The van der Waals surface area contributed by atoms with Crippen LogP contribution >= 0.6 is 9.24 Å². The van der Waals surface area contributed by atoms with Crippen LogP contribution in [0, 0.1) is 0 Å². The molecule has 0 aliphatic carbocycles. The predicted octanol–water partition coefficient (Wildman–Crippen LogP) is 5.95. The van der Waals surface area contributed by atoms with Crippen LogP contribution in [0.2, 0.25) is 0 Å². The van der Waals surface area contributed by atoms with Gasteiger partial charge in [-0.25, -0.2) is 0 Å². The highest BCUT2D eigenvalue weighted by Gasteiger charge is 2.22. The molecular weight excluding hydrogens is 375 g/mol. The summed E-state index contributed by atoms with van der Waals surface area (Å²) in [4.78, 5) is 0. The van der Waals surface area contributed by atoms with Gasteiger partial charge in [-0.15, -0.1) is 9.24 Å². The molecule has 0 aromatic heterocycles. The summed E-state index contributed by atoms with van der Waals surface area (Å²) in [5.74, 6) is 2.12. The Kier molecular flexibility index (Phi) is 5.29. The number of aryl methyl sites for hydroxylation is 2. The Hall–Kier alpha value is -2.31. The van der Waals surface area contributed by atoms with Crippen LogP contribution in [0.3, 0.4) is 0 Å². The van der Waals surface area contributed by atoms with Crippen LogP contribution in [0.4, 0.5) is 0 Å². The van der Waals surface area contributed by atoms with Gasteiger partial charge in [0, 0.05) is 16.7 Å². The van der Waals surface area contributed by atoms with Crippen LogP contribution in [0.15, 0.2) is 54.6 Å². The molecule has 2 aliphatic rings. The van der Waals surface area contributed by atoms with Crippen molar-refractivity contribution in [1.82, 2.24) is 0 Å². The molecule has 0 spiro atoms. The molecule has 5 rings (SSSR count). The van der Waals surface area contributed by atoms with E-state index in [9.17, 15) is 0 Å². The van der Waals surface area contributed by atoms with Gasteiger partial charge in [0.2, 0.25) is 0 Å². The summed E-state index contributed by atoms with van der Waals surface area (Å²) >= 11 is 0. The second-order valence-electron chi connectivity index (χ2n) is 7.97. The fourth-order valence-corrected chi connectivity index (χ4v) is 5.01. The van der Waals surface area contributed by atoms with Gasteiger partial charge >= 0.3 is 0 Å². The van der Waals surface area contributed by atoms with Gasteiger partial charge in [0.1, 0.15) is 11.5 Å². The first-order valence-corrected chi connectivity index (χ1v) is 11.3. The van der Waals surface area contributed by atoms with E-state index in [1.54, 1.807) is 0 Å². The fraction of sp³-hybridized carbons (Fsp3) is 0.308. The SMILES string of the molecule is Pc1cccc(-c2cccc3c2OCCCC3)c1-c1cccc2c1OCCCC2. The number of ether oxygens (including phenoxy) is 2. The Balaban J connectivity index is 1.73. The molecule has 0 amide bonds. The lowest BCUT2D eigenvalue weighted by Crippen LogP contribution is -2.05. The van der Waals surface area contributed by atoms with Crippen LogP contribution in [0.25, 0.3) is 22.3 Å². The average molecular weight is 402 g/mol. The van der Waals surface area contributed by atoms with E-state index < -0.39 is 0 Å². The molecule has 0 radical (unpaired) electrons. The molecule has 0 N–H and O–H groups in total. The van der Waals surface area contributed by atoms with E-state index in [4.69, 9.17) is 9.47 Å². The molecule has 0 bridgehead atoms. The van der Waals surface area contributed by atoms with Gasteiger partial charge in [-0.3, -0.25) is 0 Å².